The molecule has 1 aliphatic rings. The van der Waals surface area contributed by atoms with E-state index in [0.717, 1.165) is 22.6 Å². The smallest absolute Gasteiger partial charge is 0.317 e. The Labute approximate surface area is 135 Å². The van der Waals surface area contributed by atoms with E-state index in [0.29, 0.717) is 32.5 Å². The fourth-order valence-corrected chi connectivity index (χ4v) is 2.73. The van der Waals surface area contributed by atoms with Crippen molar-refractivity contribution in [1.82, 2.24) is 10.2 Å². The van der Waals surface area contributed by atoms with Crippen molar-refractivity contribution >= 4 is 23.6 Å². The molecule has 22 heavy (non-hydrogen) atoms. The Hall–Kier alpha value is -1.75. The molecule has 0 radical (unpaired) electrons. The molecule has 0 atom stereocenters. The Kier molecular flexibility index (Phi) is 5.66. The lowest BCUT2D eigenvalue weighted by Gasteiger charge is -2.30. The van der Waals surface area contributed by atoms with Gasteiger partial charge in [0.05, 0.1) is 5.92 Å². The lowest BCUT2D eigenvalue weighted by molar-refractivity contribution is -0.143. The maximum Gasteiger partial charge on any atom is 0.317 e. The first-order valence-electron chi connectivity index (χ1n) is 7.48. The van der Waals surface area contributed by atoms with Crippen LogP contribution in [0.25, 0.3) is 0 Å². The van der Waals surface area contributed by atoms with Crippen LogP contribution < -0.4 is 5.32 Å². The quantitative estimate of drug-likeness (QED) is 0.894. The molecule has 0 aromatic heterocycles. The summed E-state index contributed by atoms with van der Waals surface area (Å²) >= 11 is 5.98. The second-order valence-electron chi connectivity index (χ2n) is 5.67. The third-order valence-corrected chi connectivity index (χ3v) is 4.47. The number of carboxylic acid groups (broad SMARTS) is 1. The van der Waals surface area contributed by atoms with Crippen LogP contribution in [-0.2, 0) is 11.2 Å². The van der Waals surface area contributed by atoms with Gasteiger partial charge in [0.15, 0.2) is 0 Å². The molecule has 0 bridgehead atoms. The Balaban J connectivity index is 1.74. The van der Waals surface area contributed by atoms with Gasteiger partial charge in [-0.05, 0) is 43.4 Å². The van der Waals surface area contributed by atoms with Crippen LogP contribution in [0.1, 0.15) is 24.0 Å². The number of carbonyl (C=O) groups excluding carboxylic acids is 1. The van der Waals surface area contributed by atoms with Crippen molar-refractivity contribution in [2.24, 2.45) is 5.92 Å². The molecule has 5 nitrogen and oxygen atoms in total. The predicted octanol–water partition coefficient (Wildman–Crippen LogP) is 2.70. The molecule has 120 valence electrons. The van der Waals surface area contributed by atoms with E-state index < -0.39 is 5.97 Å². The molecule has 6 heteroatoms. The van der Waals surface area contributed by atoms with E-state index in [4.69, 9.17) is 16.7 Å². The zero-order chi connectivity index (χ0) is 16.1. The first-order valence-corrected chi connectivity index (χ1v) is 7.86. The molecule has 2 N–H and O–H groups in total. The standard InChI is InChI=1S/C16H21ClN2O3/c1-11-10-12(2-3-14(11)17)4-7-18-16(22)19-8-5-13(6-9-19)15(20)21/h2-3,10,13H,4-9H2,1H3,(H,18,22)(H,20,21). The van der Waals surface area contributed by atoms with Crippen LogP contribution in [0.4, 0.5) is 4.79 Å². The number of hydrogen-bond acceptors (Lipinski definition) is 2. The predicted molar refractivity (Wildman–Crippen MR) is 85.2 cm³/mol. The third kappa shape index (κ3) is 4.37. The Morgan fingerprint density at radius 3 is 2.64 bits per heavy atom. The third-order valence-electron chi connectivity index (χ3n) is 4.04. The normalized spacial score (nSPS) is 15.6. The van der Waals surface area contributed by atoms with Gasteiger partial charge in [0.2, 0.25) is 0 Å². The molecule has 0 unspecified atom stereocenters. The molecule has 1 heterocycles. The van der Waals surface area contributed by atoms with E-state index in [1.54, 1.807) is 4.90 Å². The van der Waals surface area contributed by atoms with Crippen molar-refractivity contribution in [1.29, 1.82) is 0 Å². The number of urea groups is 1. The number of nitrogens with one attached hydrogen (secondary N) is 1. The molecule has 1 aromatic rings. The summed E-state index contributed by atoms with van der Waals surface area (Å²) in [6, 6.07) is 5.73. The molecule has 1 fully saturated rings. The average molecular weight is 325 g/mol. The number of carbonyl (C=O) groups is 2. The number of aryl methyl sites for hydroxylation is 1. The van der Waals surface area contributed by atoms with Crippen LogP contribution in [0.5, 0.6) is 0 Å². The molecule has 0 saturated carbocycles. The number of nitrogens with zero attached hydrogens (tertiary/aromatic N) is 1. The van der Waals surface area contributed by atoms with Gasteiger partial charge >= 0.3 is 12.0 Å². The summed E-state index contributed by atoms with van der Waals surface area (Å²) in [5, 5.41) is 12.6. The van der Waals surface area contributed by atoms with Crippen LogP contribution in [0.15, 0.2) is 18.2 Å². The highest BCUT2D eigenvalue weighted by Crippen LogP contribution is 2.18. The van der Waals surface area contributed by atoms with Crippen molar-refractivity contribution in [2.75, 3.05) is 19.6 Å². The summed E-state index contributed by atoms with van der Waals surface area (Å²) in [4.78, 5) is 24.6. The summed E-state index contributed by atoms with van der Waals surface area (Å²) in [6.07, 6.45) is 1.80. The van der Waals surface area contributed by atoms with E-state index in [9.17, 15) is 9.59 Å². The zero-order valence-corrected chi connectivity index (χ0v) is 13.4. The van der Waals surface area contributed by atoms with E-state index in [2.05, 4.69) is 5.32 Å². The molecule has 2 amide bonds. The minimum absolute atomic E-state index is 0.116. The number of carboxylic acids is 1. The largest absolute Gasteiger partial charge is 0.481 e. The zero-order valence-electron chi connectivity index (χ0n) is 12.6. The number of hydrogen-bond donors (Lipinski definition) is 2. The fourth-order valence-electron chi connectivity index (χ4n) is 2.62. The topological polar surface area (TPSA) is 69.6 Å². The number of rotatable bonds is 4. The molecule has 1 aliphatic heterocycles. The highest BCUT2D eigenvalue weighted by Gasteiger charge is 2.26. The number of aliphatic carboxylic acids is 1. The molecular weight excluding hydrogens is 304 g/mol. The first kappa shape index (κ1) is 16.6. The summed E-state index contributed by atoms with van der Waals surface area (Å²) in [7, 11) is 0. The lowest BCUT2D eigenvalue weighted by atomic mass is 9.97. The van der Waals surface area contributed by atoms with Crippen LogP contribution >= 0.6 is 11.6 Å². The number of halogens is 1. The summed E-state index contributed by atoms with van der Waals surface area (Å²) < 4.78 is 0. The fraction of sp³-hybridized carbons (Fsp3) is 0.500. The highest BCUT2D eigenvalue weighted by atomic mass is 35.5. The Morgan fingerprint density at radius 2 is 2.05 bits per heavy atom. The van der Waals surface area contributed by atoms with Crippen LogP contribution in [-0.4, -0.2) is 41.6 Å². The van der Waals surface area contributed by atoms with Gasteiger partial charge in [0.25, 0.3) is 0 Å². The van der Waals surface area contributed by atoms with Gasteiger partial charge in [-0.3, -0.25) is 4.79 Å². The van der Waals surface area contributed by atoms with Crippen molar-refractivity contribution in [2.45, 2.75) is 26.2 Å². The summed E-state index contributed by atoms with van der Waals surface area (Å²) in [5.41, 5.74) is 2.16. The maximum atomic E-state index is 12.0. The van der Waals surface area contributed by atoms with E-state index in [1.165, 1.54) is 0 Å². The molecule has 0 aliphatic carbocycles. The minimum atomic E-state index is -0.766. The Morgan fingerprint density at radius 1 is 1.36 bits per heavy atom. The van der Waals surface area contributed by atoms with Crippen LogP contribution in [0.3, 0.4) is 0 Å². The number of piperidine rings is 1. The maximum absolute atomic E-state index is 12.0. The van der Waals surface area contributed by atoms with Crippen molar-refractivity contribution < 1.29 is 14.7 Å². The number of likely N-dealkylation sites (tertiary alicyclic amines) is 1. The van der Waals surface area contributed by atoms with Gasteiger partial charge in [-0.25, -0.2) is 4.79 Å². The average Bonchev–Trinajstić information content (AvgIpc) is 2.51. The first-order chi connectivity index (χ1) is 10.5. The van der Waals surface area contributed by atoms with Gasteiger partial charge < -0.3 is 15.3 Å². The van der Waals surface area contributed by atoms with Gasteiger partial charge in [-0.15, -0.1) is 0 Å². The summed E-state index contributed by atoms with van der Waals surface area (Å²) in [5.74, 6) is -1.08. The van der Waals surface area contributed by atoms with E-state index in [-0.39, 0.29) is 11.9 Å². The summed E-state index contributed by atoms with van der Waals surface area (Å²) in [6.45, 7) is 3.52. The van der Waals surface area contributed by atoms with E-state index >= 15 is 0 Å². The Bertz CT molecular complexity index is 554. The van der Waals surface area contributed by atoms with Gasteiger partial charge in [-0.2, -0.15) is 0 Å². The molecule has 0 spiro atoms. The highest BCUT2D eigenvalue weighted by molar-refractivity contribution is 6.31. The van der Waals surface area contributed by atoms with Gasteiger partial charge in [0, 0.05) is 24.7 Å². The monoisotopic (exact) mass is 324 g/mol. The lowest BCUT2D eigenvalue weighted by Crippen LogP contribution is -2.45. The van der Waals surface area contributed by atoms with Gasteiger partial charge in [0.1, 0.15) is 0 Å². The number of amides is 2. The molecular formula is C16H21ClN2O3. The minimum Gasteiger partial charge on any atom is -0.481 e. The van der Waals surface area contributed by atoms with Crippen molar-refractivity contribution in [3.05, 3.63) is 34.3 Å². The van der Waals surface area contributed by atoms with Crippen molar-refractivity contribution in [3.63, 3.8) is 0 Å². The van der Waals surface area contributed by atoms with E-state index in [1.807, 2.05) is 25.1 Å². The molecule has 2 rings (SSSR count). The van der Waals surface area contributed by atoms with Gasteiger partial charge in [-0.1, -0.05) is 23.7 Å². The second-order valence-corrected chi connectivity index (χ2v) is 6.07. The van der Waals surface area contributed by atoms with Crippen molar-refractivity contribution in [3.8, 4) is 0 Å². The molecule has 1 saturated heterocycles. The van der Waals surface area contributed by atoms with Crippen LogP contribution in [0, 0.1) is 12.8 Å². The number of benzene rings is 1. The molecule has 1 aromatic carbocycles. The van der Waals surface area contributed by atoms with Crippen LogP contribution in [0.2, 0.25) is 5.02 Å². The second kappa shape index (κ2) is 7.49. The SMILES string of the molecule is Cc1cc(CCNC(=O)N2CCC(C(=O)O)CC2)ccc1Cl.